The number of ketones is 4. The summed E-state index contributed by atoms with van der Waals surface area (Å²) in [4.78, 5) is 48.1. The molecule has 0 amide bonds. The lowest BCUT2D eigenvalue weighted by molar-refractivity contribution is 0.0975. The van der Waals surface area contributed by atoms with Gasteiger partial charge in [-0.05, 0) is 38.5 Å². The Labute approximate surface area is 174 Å². The van der Waals surface area contributed by atoms with Gasteiger partial charge in [0, 0.05) is 44.5 Å². The molecule has 0 aliphatic heterocycles. The number of hydrogen-bond donors (Lipinski definition) is 0. The van der Waals surface area contributed by atoms with E-state index in [2.05, 4.69) is 0 Å². The first kappa shape index (κ1) is 18.6. The number of rotatable bonds is 0. The van der Waals surface area contributed by atoms with Crippen LogP contribution in [-0.2, 0) is 0 Å². The Morgan fingerprint density at radius 1 is 0.400 bits per heavy atom. The van der Waals surface area contributed by atoms with Crippen LogP contribution in [0.1, 0.15) is 80.0 Å². The van der Waals surface area contributed by atoms with Gasteiger partial charge in [-0.3, -0.25) is 19.2 Å². The summed E-state index contributed by atoms with van der Waals surface area (Å²) in [5, 5.41) is 0. The SMILES string of the molecule is O=C1C2=C(CCC2)C(=O)c2ccccc21.O=C1C2=C(CCC2)C(=O)c2ccccc21. The number of carbonyl (C=O) groups is 4. The van der Waals surface area contributed by atoms with Crippen LogP contribution in [0, 0.1) is 0 Å². The van der Waals surface area contributed by atoms with Gasteiger partial charge < -0.3 is 0 Å². The fraction of sp³-hybridized carbons (Fsp3) is 0.231. The van der Waals surface area contributed by atoms with E-state index in [0.29, 0.717) is 22.3 Å². The molecule has 2 aromatic carbocycles. The van der Waals surface area contributed by atoms with E-state index in [0.717, 1.165) is 60.8 Å². The second-order valence-corrected chi connectivity index (χ2v) is 8.03. The van der Waals surface area contributed by atoms with Crippen molar-refractivity contribution in [3.05, 3.63) is 93.1 Å². The van der Waals surface area contributed by atoms with E-state index in [1.165, 1.54) is 0 Å². The molecular weight excluding hydrogens is 376 g/mol. The normalized spacial score (nSPS) is 19.2. The summed E-state index contributed by atoms with van der Waals surface area (Å²) >= 11 is 0. The van der Waals surface area contributed by atoms with Crippen LogP contribution in [-0.4, -0.2) is 23.1 Å². The fourth-order valence-electron chi connectivity index (χ4n) is 4.90. The summed E-state index contributed by atoms with van der Waals surface area (Å²) in [5.74, 6) is 0.269. The number of Topliss-reactive ketones (excluding diaryl/α,β-unsaturated/α-hetero) is 4. The average molecular weight is 396 g/mol. The van der Waals surface area contributed by atoms with Gasteiger partial charge in [-0.2, -0.15) is 0 Å². The molecule has 4 heteroatoms. The van der Waals surface area contributed by atoms with Crippen LogP contribution in [0.5, 0.6) is 0 Å². The maximum absolute atomic E-state index is 12.0. The topological polar surface area (TPSA) is 68.3 Å². The zero-order valence-corrected chi connectivity index (χ0v) is 16.5. The molecule has 0 unspecified atom stereocenters. The molecule has 2 aromatic rings. The van der Waals surface area contributed by atoms with Gasteiger partial charge >= 0.3 is 0 Å². The Hall–Kier alpha value is -3.40. The Bertz CT molecular complexity index is 1020. The average Bonchev–Trinajstić information content (AvgIpc) is 3.47. The number of hydrogen-bond acceptors (Lipinski definition) is 4. The molecule has 0 atom stereocenters. The Morgan fingerprint density at radius 2 is 0.633 bits per heavy atom. The highest BCUT2D eigenvalue weighted by Crippen LogP contribution is 2.37. The minimum Gasteiger partial charge on any atom is -0.289 e. The largest absolute Gasteiger partial charge is 0.289 e. The molecule has 4 nitrogen and oxygen atoms in total. The molecule has 4 aliphatic carbocycles. The fourth-order valence-corrected chi connectivity index (χ4v) is 4.90. The molecule has 0 saturated heterocycles. The summed E-state index contributed by atoms with van der Waals surface area (Å²) in [6, 6.07) is 14.2. The minimum atomic E-state index is 0.0673. The molecule has 4 aliphatic rings. The molecule has 0 bridgehead atoms. The molecule has 0 heterocycles. The standard InChI is InChI=1S/2C13H10O2/c2*14-12-8-4-1-2-5-9(8)13(15)11-7-3-6-10(11)12/h2*1-2,4-5H,3,6-7H2. The Kier molecular flexibility index (Phi) is 4.43. The molecule has 6 rings (SSSR count). The van der Waals surface area contributed by atoms with Gasteiger partial charge in [0.1, 0.15) is 0 Å². The van der Waals surface area contributed by atoms with Crippen molar-refractivity contribution in [2.24, 2.45) is 0 Å². The van der Waals surface area contributed by atoms with Crippen LogP contribution in [0.4, 0.5) is 0 Å². The predicted molar refractivity (Wildman–Crippen MR) is 112 cm³/mol. The van der Waals surface area contributed by atoms with Gasteiger partial charge in [-0.1, -0.05) is 48.5 Å². The molecule has 0 N–H and O–H groups in total. The lowest BCUT2D eigenvalue weighted by Gasteiger charge is -2.15. The number of benzene rings is 2. The van der Waals surface area contributed by atoms with E-state index in [1.807, 2.05) is 24.3 Å². The first-order valence-corrected chi connectivity index (χ1v) is 10.4. The molecule has 0 saturated carbocycles. The summed E-state index contributed by atoms with van der Waals surface area (Å²) in [6.07, 6.45) is 4.97. The van der Waals surface area contributed by atoms with Crippen molar-refractivity contribution in [3.63, 3.8) is 0 Å². The first-order chi connectivity index (χ1) is 14.6. The third-order valence-electron chi connectivity index (χ3n) is 6.36. The van der Waals surface area contributed by atoms with Gasteiger partial charge in [0.15, 0.2) is 23.1 Å². The van der Waals surface area contributed by atoms with E-state index in [1.54, 1.807) is 24.3 Å². The van der Waals surface area contributed by atoms with Crippen molar-refractivity contribution >= 4 is 23.1 Å². The summed E-state index contributed by atoms with van der Waals surface area (Å²) < 4.78 is 0. The van der Waals surface area contributed by atoms with Crippen molar-refractivity contribution < 1.29 is 19.2 Å². The lowest BCUT2D eigenvalue weighted by Crippen LogP contribution is -2.19. The van der Waals surface area contributed by atoms with E-state index in [9.17, 15) is 19.2 Å². The van der Waals surface area contributed by atoms with Crippen LogP contribution < -0.4 is 0 Å². The number of allylic oxidation sites excluding steroid dienone is 4. The van der Waals surface area contributed by atoms with E-state index >= 15 is 0 Å². The highest BCUT2D eigenvalue weighted by atomic mass is 16.1. The van der Waals surface area contributed by atoms with Crippen LogP contribution in [0.2, 0.25) is 0 Å². The van der Waals surface area contributed by atoms with Gasteiger partial charge in [0.05, 0.1) is 0 Å². The third kappa shape index (κ3) is 2.75. The Balaban J connectivity index is 0.000000128. The van der Waals surface area contributed by atoms with Gasteiger partial charge in [0.25, 0.3) is 0 Å². The van der Waals surface area contributed by atoms with Crippen LogP contribution >= 0.6 is 0 Å². The predicted octanol–water partition coefficient (Wildman–Crippen LogP) is 5.09. The molecule has 0 spiro atoms. The molecular formula is C26H20O4. The molecule has 0 fully saturated rings. The van der Waals surface area contributed by atoms with Crippen molar-refractivity contribution in [3.8, 4) is 0 Å². The second-order valence-electron chi connectivity index (χ2n) is 8.03. The number of carbonyl (C=O) groups excluding carboxylic acids is 4. The van der Waals surface area contributed by atoms with E-state index in [-0.39, 0.29) is 23.1 Å². The molecule has 148 valence electrons. The van der Waals surface area contributed by atoms with Crippen molar-refractivity contribution in [2.45, 2.75) is 38.5 Å². The summed E-state index contributed by atoms with van der Waals surface area (Å²) in [6.45, 7) is 0. The first-order valence-electron chi connectivity index (χ1n) is 10.4. The minimum absolute atomic E-state index is 0.0673. The highest BCUT2D eigenvalue weighted by molar-refractivity contribution is 6.28. The molecule has 30 heavy (non-hydrogen) atoms. The maximum Gasteiger partial charge on any atom is 0.190 e. The van der Waals surface area contributed by atoms with Crippen LogP contribution in [0.25, 0.3) is 0 Å². The lowest BCUT2D eigenvalue weighted by atomic mass is 9.85. The van der Waals surface area contributed by atoms with Crippen molar-refractivity contribution in [1.29, 1.82) is 0 Å². The smallest absolute Gasteiger partial charge is 0.190 e. The van der Waals surface area contributed by atoms with E-state index in [4.69, 9.17) is 0 Å². The van der Waals surface area contributed by atoms with Crippen molar-refractivity contribution in [2.75, 3.05) is 0 Å². The molecule has 0 aromatic heterocycles. The zero-order chi connectivity index (χ0) is 20.8. The van der Waals surface area contributed by atoms with Gasteiger partial charge in [-0.25, -0.2) is 0 Å². The molecule has 0 radical (unpaired) electrons. The Morgan fingerprint density at radius 3 is 0.867 bits per heavy atom. The van der Waals surface area contributed by atoms with Crippen LogP contribution in [0.3, 0.4) is 0 Å². The highest BCUT2D eigenvalue weighted by Gasteiger charge is 2.34. The van der Waals surface area contributed by atoms with E-state index < -0.39 is 0 Å². The van der Waals surface area contributed by atoms with Gasteiger partial charge in [0.2, 0.25) is 0 Å². The zero-order valence-electron chi connectivity index (χ0n) is 16.5. The third-order valence-corrected chi connectivity index (χ3v) is 6.36. The summed E-state index contributed by atoms with van der Waals surface area (Å²) in [5.41, 5.74) is 5.40. The van der Waals surface area contributed by atoms with Crippen molar-refractivity contribution in [1.82, 2.24) is 0 Å². The maximum atomic E-state index is 12.0. The van der Waals surface area contributed by atoms with Crippen LogP contribution in [0.15, 0.2) is 70.8 Å². The summed E-state index contributed by atoms with van der Waals surface area (Å²) in [7, 11) is 0. The number of fused-ring (bicyclic) bond motifs is 2. The monoisotopic (exact) mass is 396 g/mol. The van der Waals surface area contributed by atoms with Gasteiger partial charge in [-0.15, -0.1) is 0 Å². The quantitative estimate of drug-likeness (QED) is 0.622. The second kappa shape index (κ2) is 7.13.